The third-order valence-corrected chi connectivity index (χ3v) is 9.48. The fourth-order valence-electron chi connectivity index (χ4n) is 3.76. The molecule has 1 aromatic carbocycles. The zero-order valence-corrected chi connectivity index (χ0v) is 19.2. The Kier molecular flexibility index (Phi) is 6.38. The number of rotatable bonds is 7. The summed E-state index contributed by atoms with van der Waals surface area (Å²) in [6, 6.07) is 13.4. The molecule has 0 fully saturated rings. The number of aryl methyl sites for hydroxylation is 2. The summed E-state index contributed by atoms with van der Waals surface area (Å²) in [4.78, 5) is 13.9. The van der Waals surface area contributed by atoms with Crippen molar-refractivity contribution in [1.29, 1.82) is 0 Å². The molecular weight excluding hydrogens is 436 g/mol. The molecule has 158 valence electrons. The lowest BCUT2D eigenvalue weighted by atomic mass is 9.89. The highest BCUT2D eigenvalue weighted by molar-refractivity contribution is 7.91. The quantitative estimate of drug-likeness (QED) is 0.574. The zero-order valence-electron chi connectivity index (χ0n) is 16.7. The molecule has 0 spiro atoms. The number of nitrogens with one attached hydrogen (secondary N) is 1. The lowest BCUT2D eigenvalue weighted by Gasteiger charge is -2.23. The van der Waals surface area contributed by atoms with Gasteiger partial charge in [0, 0.05) is 11.9 Å². The van der Waals surface area contributed by atoms with Gasteiger partial charge in [-0.2, -0.15) is 4.31 Å². The number of hydrogen-bond donors (Lipinski definition) is 1. The van der Waals surface area contributed by atoms with Gasteiger partial charge in [-0.25, -0.2) is 8.42 Å². The molecule has 5 nitrogen and oxygen atoms in total. The van der Waals surface area contributed by atoms with Crippen molar-refractivity contribution in [2.45, 2.75) is 35.9 Å². The van der Waals surface area contributed by atoms with Crippen LogP contribution in [0.5, 0.6) is 0 Å². The van der Waals surface area contributed by atoms with Gasteiger partial charge in [-0.3, -0.25) is 4.79 Å². The number of fused-ring (bicyclic) bond motifs is 1. The average molecular weight is 461 g/mol. The first kappa shape index (κ1) is 21.2. The molecule has 2 aromatic heterocycles. The van der Waals surface area contributed by atoms with E-state index in [9.17, 15) is 13.2 Å². The second kappa shape index (κ2) is 9.01. The Morgan fingerprint density at radius 1 is 1.07 bits per heavy atom. The van der Waals surface area contributed by atoms with Gasteiger partial charge >= 0.3 is 0 Å². The van der Waals surface area contributed by atoms with Crippen LogP contribution in [0.1, 0.15) is 40.5 Å². The number of sulfonamides is 1. The molecule has 1 N–H and O–H groups in total. The summed E-state index contributed by atoms with van der Waals surface area (Å²) in [6.07, 6.45) is 4.59. The molecule has 30 heavy (non-hydrogen) atoms. The lowest BCUT2D eigenvalue weighted by molar-refractivity contribution is -0.121. The third-order valence-electron chi connectivity index (χ3n) is 5.36. The number of carbonyl (C=O) groups excluding carboxylic acids is 1. The average Bonchev–Trinajstić information content (AvgIpc) is 3.46. The van der Waals surface area contributed by atoms with Crippen molar-refractivity contribution in [3.8, 4) is 0 Å². The Labute approximate surface area is 185 Å². The first-order valence-electron chi connectivity index (χ1n) is 9.89. The maximum atomic E-state index is 12.8. The Morgan fingerprint density at radius 2 is 1.80 bits per heavy atom. The molecule has 2 heterocycles. The summed E-state index contributed by atoms with van der Waals surface area (Å²) >= 11 is 2.73. The molecule has 0 saturated heterocycles. The highest BCUT2D eigenvalue weighted by atomic mass is 32.2. The molecular formula is C22H24N2O3S3. The van der Waals surface area contributed by atoms with Gasteiger partial charge < -0.3 is 5.32 Å². The van der Waals surface area contributed by atoms with Crippen LogP contribution in [-0.2, 0) is 27.7 Å². The van der Waals surface area contributed by atoms with Crippen molar-refractivity contribution in [3.05, 3.63) is 74.8 Å². The van der Waals surface area contributed by atoms with Crippen LogP contribution >= 0.6 is 22.7 Å². The van der Waals surface area contributed by atoms with Crippen LogP contribution in [0.3, 0.4) is 0 Å². The molecule has 0 bridgehead atoms. The van der Waals surface area contributed by atoms with Gasteiger partial charge in [0.15, 0.2) is 0 Å². The van der Waals surface area contributed by atoms with Gasteiger partial charge in [-0.1, -0.05) is 30.3 Å². The first-order valence-corrected chi connectivity index (χ1v) is 13.1. The van der Waals surface area contributed by atoms with Crippen molar-refractivity contribution < 1.29 is 13.2 Å². The van der Waals surface area contributed by atoms with Crippen molar-refractivity contribution in [1.82, 2.24) is 9.62 Å². The second-order valence-corrected chi connectivity index (χ2v) is 11.6. The van der Waals surface area contributed by atoms with Crippen molar-refractivity contribution in [2.75, 3.05) is 13.6 Å². The molecule has 8 heteroatoms. The highest BCUT2D eigenvalue weighted by Crippen LogP contribution is 2.30. The van der Waals surface area contributed by atoms with Crippen LogP contribution in [0.2, 0.25) is 0 Å². The Bertz CT molecular complexity index is 1110. The van der Waals surface area contributed by atoms with E-state index in [0.29, 0.717) is 0 Å². The molecule has 0 radical (unpaired) electrons. The summed E-state index contributed by atoms with van der Waals surface area (Å²) in [5.41, 5.74) is 3.78. The van der Waals surface area contributed by atoms with E-state index in [4.69, 9.17) is 0 Å². The molecule has 1 aliphatic rings. The van der Waals surface area contributed by atoms with Crippen LogP contribution in [0, 0.1) is 0 Å². The fraction of sp³-hybridized carbons (Fsp3) is 0.318. The largest absolute Gasteiger partial charge is 0.343 e. The SMILES string of the molecule is CN(CC(=O)NC(c1ccc2c(c1)CCCC2)c1cccs1)S(=O)(=O)c1cccs1. The maximum Gasteiger partial charge on any atom is 0.252 e. The minimum Gasteiger partial charge on any atom is -0.343 e. The van der Waals surface area contributed by atoms with Crippen LogP contribution in [0.25, 0.3) is 0 Å². The van der Waals surface area contributed by atoms with E-state index >= 15 is 0 Å². The van der Waals surface area contributed by atoms with Crippen molar-refractivity contribution in [2.24, 2.45) is 0 Å². The van der Waals surface area contributed by atoms with Gasteiger partial charge in [-0.15, -0.1) is 22.7 Å². The van der Waals surface area contributed by atoms with E-state index < -0.39 is 10.0 Å². The summed E-state index contributed by atoms with van der Waals surface area (Å²) < 4.78 is 26.6. The molecule has 4 rings (SSSR count). The number of benzene rings is 1. The predicted octanol–water partition coefficient (Wildman–Crippen LogP) is 4.21. The van der Waals surface area contributed by atoms with Crippen molar-refractivity contribution >= 4 is 38.6 Å². The van der Waals surface area contributed by atoms with Crippen molar-refractivity contribution in [3.63, 3.8) is 0 Å². The standard InChI is InChI=1S/C22H24N2O3S3/c1-24(30(26,27)21-9-5-13-29-21)15-20(25)23-22(19-8-4-12-28-19)18-11-10-16-6-2-3-7-17(16)14-18/h4-5,8-14,22H,2-3,6-7,15H2,1H3,(H,23,25). The van der Waals surface area contributed by atoms with E-state index in [2.05, 4.69) is 23.5 Å². The van der Waals surface area contributed by atoms with E-state index in [0.717, 1.165) is 38.9 Å². The van der Waals surface area contributed by atoms with Crippen LogP contribution in [-0.4, -0.2) is 32.2 Å². The summed E-state index contributed by atoms with van der Waals surface area (Å²) in [6.45, 7) is -0.229. The topological polar surface area (TPSA) is 66.5 Å². The third kappa shape index (κ3) is 4.51. The fourth-order valence-corrected chi connectivity index (χ4v) is 6.90. The van der Waals surface area contributed by atoms with E-state index in [-0.39, 0.29) is 22.7 Å². The van der Waals surface area contributed by atoms with Gasteiger partial charge in [-0.05, 0) is 65.3 Å². The molecule has 0 saturated carbocycles. The minimum atomic E-state index is -3.66. The number of nitrogens with zero attached hydrogens (tertiary/aromatic N) is 1. The minimum absolute atomic E-state index is 0.229. The monoisotopic (exact) mass is 460 g/mol. The number of thiophene rings is 2. The first-order chi connectivity index (χ1) is 14.4. The predicted molar refractivity (Wildman–Crippen MR) is 122 cm³/mol. The molecule has 1 atom stereocenters. The maximum absolute atomic E-state index is 12.8. The van der Waals surface area contributed by atoms with E-state index in [1.165, 1.54) is 31.0 Å². The molecule has 3 aromatic rings. The molecule has 1 amide bonds. The van der Waals surface area contributed by atoms with E-state index in [1.807, 2.05) is 17.5 Å². The molecule has 1 unspecified atom stereocenters. The van der Waals surface area contributed by atoms with Crippen LogP contribution < -0.4 is 5.32 Å². The van der Waals surface area contributed by atoms with Crippen LogP contribution in [0.4, 0.5) is 0 Å². The molecule has 1 aliphatic carbocycles. The van der Waals surface area contributed by atoms with Gasteiger partial charge in [0.2, 0.25) is 5.91 Å². The normalized spacial score (nSPS) is 15.0. The number of carbonyl (C=O) groups is 1. The lowest BCUT2D eigenvalue weighted by Crippen LogP contribution is -2.39. The number of amides is 1. The van der Waals surface area contributed by atoms with Gasteiger partial charge in [0.1, 0.15) is 4.21 Å². The number of hydrogen-bond acceptors (Lipinski definition) is 5. The van der Waals surface area contributed by atoms with Gasteiger partial charge in [0.05, 0.1) is 12.6 Å². The highest BCUT2D eigenvalue weighted by Gasteiger charge is 2.26. The summed E-state index contributed by atoms with van der Waals surface area (Å²) in [7, 11) is -2.23. The number of likely N-dealkylation sites (N-methyl/N-ethyl adjacent to an activating group) is 1. The zero-order chi connectivity index (χ0) is 21.1. The van der Waals surface area contributed by atoms with E-state index in [1.54, 1.807) is 28.8 Å². The second-order valence-electron chi connectivity index (χ2n) is 7.44. The Balaban J connectivity index is 1.54. The molecule has 0 aliphatic heterocycles. The Morgan fingerprint density at radius 3 is 2.50 bits per heavy atom. The summed E-state index contributed by atoms with van der Waals surface area (Å²) in [5, 5.41) is 6.76. The van der Waals surface area contributed by atoms with Crippen LogP contribution in [0.15, 0.2) is 57.4 Å². The van der Waals surface area contributed by atoms with Gasteiger partial charge in [0.25, 0.3) is 10.0 Å². The Hall–Kier alpha value is -2.00. The smallest absolute Gasteiger partial charge is 0.252 e. The summed E-state index contributed by atoms with van der Waals surface area (Å²) in [5.74, 6) is -0.325.